The summed E-state index contributed by atoms with van der Waals surface area (Å²) in [5.41, 5.74) is 5.72. The lowest BCUT2D eigenvalue weighted by molar-refractivity contribution is -0.276. The van der Waals surface area contributed by atoms with E-state index in [0.29, 0.717) is 17.7 Å². The number of ether oxygens (including phenoxy) is 2. The smallest absolute Gasteiger partial charge is 0.275 e. The number of aliphatic hydroxyl groups is 2. The zero-order chi connectivity index (χ0) is 32.9. The quantitative estimate of drug-likeness (QED) is 0.166. The van der Waals surface area contributed by atoms with Crippen LogP contribution in [-0.2, 0) is 16.1 Å². The van der Waals surface area contributed by atoms with Crippen LogP contribution in [0.25, 0.3) is 11.0 Å². The second kappa shape index (κ2) is 14.5. The minimum atomic E-state index is -0.669. The van der Waals surface area contributed by atoms with E-state index in [1.54, 1.807) is 0 Å². The fraction of sp³-hybridized carbons (Fsp3) is 0.289. The predicted molar refractivity (Wildman–Crippen MR) is 180 cm³/mol. The first kappa shape index (κ1) is 32.4. The molecular weight excluding hydrogens is 592 g/mol. The highest BCUT2D eigenvalue weighted by atomic mass is 16.7. The minimum absolute atomic E-state index is 0.0173. The number of rotatable bonds is 10. The van der Waals surface area contributed by atoms with Gasteiger partial charge >= 0.3 is 0 Å². The summed E-state index contributed by atoms with van der Waals surface area (Å²) < 4.78 is 13.2. The molecule has 3 N–H and O–H groups in total. The summed E-state index contributed by atoms with van der Waals surface area (Å²) in [5.74, 6) is -0.368. The van der Waals surface area contributed by atoms with Gasteiger partial charge in [0.05, 0.1) is 42.1 Å². The molecule has 0 aliphatic carbocycles. The van der Waals surface area contributed by atoms with Crippen LogP contribution in [0.15, 0.2) is 109 Å². The minimum Gasteiger partial charge on any atom is -0.392 e. The monoisotopic (exact) mass is 632 g/mol. The third-order valence-electron chi connectivity index (χ3n) is 9.01. The van der Waals surface area contributed by atoms with Gasteiger partial charge in [-0.05, 0) is 54.9 Å². The summed E-state index contributed by atoms with van der Waals surface area (Å²) in [5, 5.41) is 23.6. The number of hydrogen-bond donors (Lipinski definition) is 3. The average molecular weight is 633 g/mol. The molecule has 9 heteroatoms. The molecule has 0 bridgehead atoms. The molecule has 1 aromatic heterocycles. The summed E-state index contributed by atoms with van der Waals surface area (Å²) >= 11 is 0. The largest absolute Gasteiger partial charge is 0.392 e. The van der Waals surface area contributed by atoms with E-state index in [1.807, 2.05) is 117 Å². The van der Waals surface area contributed by atoms with Crippen LogP contribution in [0.2, 0.25) is 0 Å². The number of carbonyl (C=O) groups is 1. The van der Waals surface area contributed by atoms with E-state index in [4.69, 9.17) is 9.47 Å². The van der Waals surface area contributed by atoms with Gasteiger partial charge < -0.3 is 25.0 Å². The molecule has 242 valence electrons. The molecule has 1 saturated heterocycles. The van der Waals surface area contributed by atoms with E-state index in [9.17, 15) is 15.0 Å². The molecular formula is C38H40N4O5. The van der Waals surface area contributed by atoms with Crippen molar-refractivity contribution in [3.63, 3.8) is 0 Å². The molecule has 1 aliphatic heterocycles. The summed E-state index contributed by atoms with van der Waals surface area (Å²) in [6.45, 7) is 4.67. The second-order valence-electron chi connectivity index (χ2n) is 12.2. The molecule has 6 unspecified atom stereocenters. The van der Waals surface area contributed by atoms with Gasteiger partial charge in [0, 0.05) is 29.8 Å². The molecule has 5 aromatic rings. The van der Waals surface area contributed by atoms with Gasteiger partial charge in [0.2, 0.25) is 0 Å². The van der Waals surface area contributed by atoms with Gasteiger partial charge in [0.1, 0.15) is 5.69 Å². The number of benzene rings is 4. The first-order chi connectivity index (χ1) is 22.8. The normalized spacial score (nSPS) is 21.0. The third kappa shape index (κ3) is 7.40. The van der Waals surface area contributed by atoms with Crippen molar-refractivity contribution in [1.29, 1.82) is 0 Å². The first-order valence-corrected chi connectivity index (χ1v) is 15.9. The summed E-state index contributed by atoms with van der Waals surface area (Å²) in [6.07, 6.45) is -0.353. The van der Waals surface area contributed by atoms with Crippen molar-refractivity contribution in [3.8, 4) is 0 Å². The Kier molecular flexibility index (Phi) is 10.0. The molecule has 1 amide bonds. The number of anilines is 1. The molecule has 2 heterocycles. The number of likely N-dealkylation sites (N-methyl/N-ethyl adjacent to an activating group) is 1. The van der Waals surface area contributed by atoms with Crippen LogP contribution in [0.5, 0.6) is 0 Å². The summed E-state index contributed by atoms with van der Waals surface area (Å²) in [4.78, 5) is 23.9. The zero-order valence-electron chi connectivity index (χ0n) is 26.7. The highest BCUT2D eigenvalue weighted by molar-refractivity contribution is 6.03. The standard InChI is InChI=1S/C38H40N4O5/c1-24-34(22-42(3)25(2)35(44)27-9-5-4-6-10-27)46-38(47-36(24)28-15-13-26(23-43)14-16-28)29-17-19-30(20-18-29)40-37(45)33-21-39-31-11-7-8-12-32(31)41-33/h4-21,24-25,34-36,38,43-44H,22-23H2,1-3H3,(H,40,45). The maximum Gasteiger partial charge on any atom is 0.275 e. The fourth-order valence-corrected chi connectivity index (χ4v) is 5.93. The number of aromatic nitrogens is 2. The topological polar surface area (TPSA) is 117 Å². The molecule has 6 atom stereocenters. The Balaban J connectivity index is 1.20. The van der Waals surface area contributed by atoms with Gasteiger partial charge in [-0.25, -0.2) is 4.98 Å². The lowest BCUT2D eigenvalue weighted by Gasteiger charge is -2.43. The summed E-state index contributed by atoms with van der Waals surface area (Å²) in [7, 11) is 2.00. The SMILES string of the molecule is CC1C(CN(C)C(C)C(O)c2ccccc2)OC(c2ccc(NC(=O)c3cnc4ccccc4n3)cc2)OC1c1ccc(CO)cc1. The zero-order valence-corrected chi connectivity index (χ0v) is 26.7. The van der Waals surface area contributed by atoms with Gasteiger partial charge in [0.15, 0.2) is 6.29 Å². The van der Waals surface area contributed by atoms with E-state index in [1.165, 1.54) is 6.20 Å². The highest BCUT2D eigenvalue weighted by Crippen LogP contribution is 2.42. The Morgan fingerprint density at radius 1 is 0.894 bits per heavy atom. The van der Waals surface area contributed by atoms with Crippen molar-refractivity contribution in [3.05, 3.63) is 137 Å². The Bertz CT molecular complexity index is 1780. The predicted octanol–water partition coefficient (Wildman–Crippen LogP) is 6.22. The van der Waals surface area contributed by atoms with Crippen molar-refractivity contribution in [1.82, 2.24) is 14.9 Å². The fourth-order valence-electron chi connectivity index (χ4n) is 5.93. The van der Waals surface area contributed by atoms with Crippen molar-refractivity contribution >= 4 is 22.6 Å². The molecule has 1 aliphatic rings. The number of amides is 1. The van der Waals surface area contributed by atoms with Crippen LogP contribution < -0.4 is 5.32 Å². The Labute approximate surface area is 274 Å². The molecule has 0 radical (unpaired) electrons. The van der Waals surface area contributed by atoms with E-state index in [2.05, 4.69) is 27.1 Å². The Hall–Kier alpha value is -4.51. The second-order valence-corrected chi connectivity index (χ2v) is 12.2. The Morgan fingerprint density at radius 2 is 1.55 bits per heavy atom. The average Bonchev–Trinajstić information content (AvgIpc) is 3.12. The van der Waals surface area contributed by atoms with E-state index in [-0.39, 0.29) is 42.4 Å². The van der Waals surface area contributed by atoms with Crippen LogP contribution in [0.4, 0.5) is 5.69 Å². The van der Waals surface area contributed by atoms with Crippen molar-refractivity contribution in [2.24, 2.45) is 5.92 Å². The van der Waals surface area contributed by atoms with Gasteiger partial charge in [0.25, 0.3) is 5.91 Å². The van der Waals surface area contributed by atoms with Gasteiger partial charge in [-0.2, -0.15) is 0 Å². The van der Waals surface area contributed by atoms with Crippen molar-refractivity contribution in [2.75, 3.05) is 18.9 Å². The molecule has 6 rings (SSSR count). The third-order valence-corrected chi connectivity index (χ3v) is 9.01. The number of nitrogens with zero attached hydrogens (tertiary/aromatic N) is 3. The molecule has 1 fully saturated rings. The number of para-hydroxylation sites is 2. The molecule has 9 nitrogen and oxygen atoms in total. The molecule has 47 heavy (non-hydrogen) atoms. The van der Waals surface area contributed by atoms with E-state index >= 15 is 0 Å². The number of fused-ring (bicyclic) bond motifs is 1. The van der Waals surface area contributed by atoms with Crippen LogP contribution in [0.1, 0.15) is 65.1 Å². The highest BCUT2D eigenvalue weighted by Gasteiger charge is 2.39. The van der Waals surface area contributed by atoms with Crippen LogP contribution in [0.3, 0.4) is 0 Å². The van der Waals surface area contributed by atoms with E-state index in [0.717, 1.165) is 27.8 Å². The maximum absolute atomic E-state index is 13.0. The van der Waals surface area contributed by atoms with Crippen molar-refractivity contribution in [2.45, 2.75) is 51.1 Å². The Morgan fingerprint density at radius 3 is 2.26 bits per heavy atom. The number of carbonyl (C=O) groups excluding carboxylic acids is 1. The lowest BCUT2D eigenvalue weighted by atomic mass is 9.89. The van der Waals surface area contributed by atoms with Gasteiger partial charge in [-0.1, -0.05) is 85.8 Å². The molecule has 0 saturated carbocycles. The maximum atomic E-state index is 13.0. The van der Waals surface area contributed by atoms with Crippen LogP contribution >= 0.6 is 0 Å². The number of nitrogens with one attached hydrogen (secondary N) is 1. The number of aliphatic hydroxyl groups excluding tert-OH is 2. The van der Waals surface area contributed by atoms with Gasteiger partial charge in [-0.15, -0.1) is 0 Å². The van der Waals surface area contributed by atoms with Gasteiger partial charge in [-0.3, -0.25) is 14.7 Å². The molecule has 0 spiro atoms. The van der Waals surface area contributed by atoms with E-state index < -0.39 is 12.4 Å². The van der Waals surface area contributed by atoms with Crippen LogP contribution in [0, 0.1) is 5.92 Å². The first-order valence-electron chi connectivity index (χ1n) is 15.9. The molecule has 4 aromatic carbocycles. The lowest BCUT2D eigenvalue weighted by Crippen LogP contribution is -2.46. The summed E-state index contributed by atoms with van der Waals surface area (Å²) in [6, 6.07) is 32.1. The number of hydrogen-bond acceptors (Lipinski definition) is 8. The van der Waals surface area contributed by atoms with Crippen molar-refractivity contribution < 1.29 is 24.5 Å². The van der Waals surface area contributed by atoms with Crippen LogP contribution in [-0.4, -0.2) is 56.7 Å².